The number of hydrogen-bond donors (Lipinski definition) is 8. The average Bonchev–Trinajstić information content (AvgIpc) is 2.45. The SMILES string of the molecule is O=P(O)(CCC(O)CO)CC1[C@H](O)[C@H](O)C(O)[C@H](O)[C@H]1O. The van der Waals surface area contributed by atoms with E-state index in [1.807, 2.05) is 0 Å². The van der Waals surface area contributed by atoms with E-state index in [0.717, 1.165) is 0 Å². The highest BCUT2D eigenvalue weighted by molar-refractivity contribution is 7.58. The van der Waals surface area contributed by atoms with Crippen molar-refractivity contribution in [1.29, 1.82) is 0 Å². The van der Waals surface area contributed by atoms with Crippen LogP contribution in [0.25, 0.3) is 0 Å². The lowest BCUT2D eigenvalue weighted by atomic mass is 9.79. The summed E-state index contributed by atoms with van der Waals surface area (Å²) < 4.78 is 12.0. The predicted molar refractivity (Wildman–Crippen MR) is 70.8 cm³/mol. The predicted octanol–water partition coefficient (Wildman–Crippen LogP) is -3.57. The fourth-order valence-corrected chi connectivity index (χ4v) is 4.37. The summed E-state index contributed by atoms with van der Waals surface area (Å²) in [5, 5.41) is 65.8. The lowest BCUT2D eigenvalue weighted by Crippen LogP contribution is -2.61. The molecular formula is C11H23O9P. The van der Waals surface area contributed by atoms with Crippen LogP contribution in [0.2, 0.25) is 0 Å². The van der Waals surface area contributed by atoms with E-state index in [4.69, 9.17) is 10.2 Å². The first kappa shape index (κ1) is 19.0. The summed E-state index contributed by atoms with van der Waals surface area (Å²) in [6, 6.07) is 0. The largest absolute Gasteiger partial charge is 0.394 e. The van der Waals surface area contributed by atoms with E-state index in [0.29, 0.717) is 0 Å². The Kier molecular flexibility index (Phi) is 6.73. The van der Waals surface area contributed by atoms with Gasteiger partial charge in [-0.2, -0.15) is 0 Å². The summed E-state index contributed by atoms with van der Waals surface area (Å²) in [6.45, 7) is -0.557. The van der Waals surface area contributed by atoms with Crippen molar-refractivity contribution in [2.45, 2.75) is 43.0 Å². The quantitative estimate of drug-likeness (QED) is 0.229. The molecule has 126 valence electrons. The Bertz CT molecular complexity index is 363. The van der Waals surface area contributed by atoms with Gasteiger partial charge in [0.25, 0.3) is 0 Å². The third kappa shape index (κ3) is 4.69. The molecular weight excluding hydrogens is 307 g/mol. The summed E-state index contributed by atoms with van der Waals surface area (Å²) in [4.78, 5) is 9.80. The van der Waals surface area contributed by atoms with Gasteiger partial charge in [-0.05, 0) is 6.42 Å². The Hall–Kier alpha value is -0.0900. The Balaban J connectivity index is 2.72. The third-order valence-corrected chi connectivity index (χ3v) is 5.74. The molecule has 1 fully saturated rings. The molecule has 4 unspecified atom stereocenters. The van der Waals surface area contributed by atoms with Crippen LogP contribution in [0.5, 0.6) is 0 Å². The van der Waals surface area contributed by atoms with Crippen molar-refractivity contribution < 1.29 is 45.2 Å². The van der Waals surface area contributed by atoms with Crippen LogP contribution in [0.3, 0.4) is 0 Å². The fourth-order valence-electron chi connectivity index (χ4n) is 2.39. The topological polar surface area (TPSA) is 179 Å². The zero-order valence-electron chi connectivity index (χ0n) is 11.3. The highest BCUT2D eigenvalue weighted by Gasteiger charge is 2.49. The Labute approximate surface area is 121 Å². The summed E-state index contributed by atoms with van der Waals surface area (Å²) in [7, 11) is -3.87. The maximum absolute atomic E-state index is 12.0. The average molecular weight is 330 g/mol. The summed E-state index contributed by atoms with van der Waals surface area (Å²) in [5.41, 5.74) is 0. The van der Waals surface area contributed by atoms with E-state index in [-0.39, 0.29) is 12.6 Å². The lowest BCUT2D eigenvalue weighted by Gasteiger charge is -2.42. The van der Waals surface area contributed by atoms with Gasteiger partial charge in [-0.25, -0.2) is 0 Å². The minimum atomic E-state index is -3.87. The lowest BCUT2D eigenvalue weighted by molar-refractivity contribution is -0.199. The summed E-state index contributed by atoms with van der Waals surface area (Å²) in [5.74, 6) is -1.29. The maximum Gasteiger partial charge on any atom is 0.201 e. The van der Waals surface area contributed by atoms with Crippen molar-refractivity contribution in [3.05, 3.63) is 0 Å². The molecule has 1 aliphatic carbocycles. The molecule has 0 radical (unpaired) electrons. The Morgan fingerprint density at radius 3 is 1.76 bits per heavy atom. The minimum absolute atomic E-state index is 0.142. The van der Waals surface area contributed by atoms with Crippen LogP contribution in [0, 0.1) is 5.92 Å². The van der Waals surface area contributed by atoms with Gasteiger partial charge in [0.05, 0.1) is 24.9 Å². The van der Waals surface area contributed by atoms with Crippen LogP contribution >= 0.6 is 7.37 Å². The van der Waals surface area contributed by atoms with E-state index in [1.54, 1.807) is 0 Å². The van der Waals surface area contributed by atoms with Crippen LogP contribution in [0.15, 0.2) is 0 Å². The van der Waals surface area contributed by atoms with Gasteiger partial charge in [-0.15, -0.1) is 0 Å². The van der Waals surface area contributed by atoms with Gasteiger partial charge in [0, 0.05) is 18.2 Å². The van der Waals surface area contributed by atoms with E-state index >= 15 is 0 Å². The van der Waals surface area contributed by atoms with E-state index in [9.17, 15) is 35.0 Å². The van der Waals surface area contributed by atoms with Crippen LogP contribution < -0.4 is 0 Å². The van der Waals surface area contributed by atoms with Gasteiger partial charge >= 0.3 is 0 Å². The molecule has 0 aliphatic heterocycles. The molecule has 8 atom stereocenters. The van der Waals surface area contributed by atoms with Crippen LogP contribution in [-0.2, 0) is 4.57 Å². The van der Waals surface area contributed by atoms with E-state index in [2.05, 4.69) is 0 Å². The van der Waals surface area contributed by atoms with Crippen molar-refractivity contribution >= 4 is 7.37 Å². The van der Waals surface area contributed by atoms with Crippen molar-refractivity contribution in [3.63, 3.8) is 0 Å². The molecule has 1 saturated carbocycles. The monoisotopic (exact) mass is 330 g/mol. The molecule has 9 nitrogen and oxygen atoms in total. The molecule has 21 heavy (non-hydrogen) atoms. The first-order chi connectivity index (χ1) is 9.60. The van der Waals surface area contributed by atoms with Crippen molar-refractivity contribution in [1.82, 2.24) is 0 Å². The molecule has 0 spiro atoms. The maximum atomic E-state index is 12.0. The molecule has 0 aromatic carbocycles. The molecule has 0 amide bonds. The second kappa shape index (κ2) is 7.45. The first-order valence-corrected chi connectivity index (χ1v) is 8.64. The first-order valence-electron chi connectivity index (χ1n) is 6.61. The highest BCUT2D eigenvalue weighted by Crippen LogP contribution is 2.46. The van der Waals surface area contributed by atoms with Gasteiger partial charge in [0.2, 0.25) is 7.37 Å². The molecule has 1 aliphatic rings. The van der Waals surface area contributed by atoms with Crippen molar-refractivity contribution in [2.24, 2.45) is 5.92 Å². The van der Waals surface area contributed by atoms with Gasteiger partial charge in [-0.3, -0.25) is 4.57 Å². The molecule has 0 heterocycles. The van der Waals surface area contributed by atoms with Crippen molar-refractivity contribution in [3.8, 4) is 0 Å². The van der Waals surface area contributed by atoms with Gasteiger partial charge in [0.1, 0.15) is 18.3 Å². The normalized spacial score (nSPS) is 41.5. The zero-order chi connectivity index (χ0) is 16.4. The number of rotatable bonds is 6. The standard InChI is InChI=1S/C11H23O9P/c12-3-5(13)1-2-21(19,20)4-6-7(14)9(16)11(18)10(17)8(6)15/h5-18H,1-4H2,(H,19,20)/t5?,6?,7-,8-,9-,10+,11?/m0/s1. The molecule has 1 rings (SSSR count). The molecule has 0 aromatic heterocycles. The second-order valence-electron chi connectivity index (χ2n) is 5.49. The van der Waals surface area contributed by atoms with Gasteiger partial charge in [-0.1, -0.05) is 0 Å². The Morgan fingerprint density at radius 2 is 1.33 bits per heavy atom. The molecule has 0 aromatic rings. The minimum Gasteiger partial charge on any atom is -0.394 e. The third-order valence-electron chi connectivity index (χ3n) is 3.80. The fraction of sp³-hybridized carbons (Fsp3) is 1.00. The van der Waals surface area contributed by atoms with Crippen molar-refractivity contribution in [2.75, 3.05) is 18.9 Å². The highest BCUT2D eigenvalue weighted by atomic mass is 31.2. The molecule has 0 saturated heterocycles. The van der Waals surface area contributed by atoms with Crippen LogP contribution in [0.4, 0.5) is 0 Å². The molecule has 8 N–H and O–H groups in total. The molecule has 0 bridgehead atoms. The molecule has 10 heteroatoms. The number of hydrogen-bond acceptors (Lipinski definition) is 8. The number of aliphatic hydroxyl groups is 7. The van der Waals surface area contributed by atoms with Gasteiger partial charge < -0.3 is 40.6 Å². The van der Waals surface area contributed by atoms with E-state index < -0.39 is 62.7 Å². The summed E-state index contributed by atoms with van der Waals surface area (Å²) >= 11 is 0. The number of aliphatic hydroxyl groups excluding tert-OH is 7. The summed E-state index contributed by atoms with van der Waals surface area (Å²) in [6.07, 6.45) is -10.8. The second-order valence-corrected chi connectivity index (χ2v) is 8.00. The van der Waals surface area contributed by atoms with E-state index in [1.165, 1.54) is 0 Å². The van der Waals surface area contributed by atoms with Crippen LogP contribution in [0.1, 0.15) is 6.42 Å². The zero-order valence-corrected chi connectivity index (χ0v) is 12.2. The van der Waals surface area contributed by atoms with Crippen LogP contribution in [-0.4, -0.2) is 96.2 Å². The smallest absolute Gasteiger partial charge is 0.201 e. The Morgan fingerprint density at radius 1 is 0.905 bits per heavy atom. The van der Waals surface area contributed by atoms with Gasteiger partial charge in [0.15, 0.2) is 0 Å².